The lowest BCUT2D eigenvalue weighted by Gasteiger charge is -2.19. The molecule has 0 aromatic heterocycles. The van der Waals surface area contributed by atoms with Gasteiger partial charge < -0.3 is 15.3 Å². The largest absolute Gasteiger partial charge is 0.481 e. The Bertz CT molecular complexity index is 833. The van der Waals surface area contributed by atoms with Crippen molar-refractivity contribution >= 4 is 17.8 Å². The SMILES string of the molecule is O=C(O)CCC(NC(=O)c1ccc(CN2CCCC2=O)cc1)c1ccccc1. The van der Waals surface area contributed by atoms with Gasteiger partial charge in [0.1, 0.15) is 0 Å². The highest BCUT2D eigenvalue weighted by Crippen LogP contribution is 2.20. The lowest BCUT2D eigenvalue weighted by atomic mass is 10.0. The Balaban J connectivity index is 1.65. The lowest BCUT2D eigenvalue weighted by molar-refractivity contribution is -0.137. The van der Waals surface area contributed by atoms with Crippen LogP contribution in [0.3, 0.4) is 0 Å². The molecule has 1 unspecified atom stereocenters. The first kappa shape index (κ1) is 19.6. The molecule has 1 aliphatic rings. The van der Waals surface area contributed by atoms with Crippen molar-refractivity contribution < 1.29 is 19.5 Å². The maximum atomic E-state index is 12.7. The van der Waals surface area contributed by atoms with E-state index in [0.717, 1.165) is 24.1 Å². The summed E-state index contributed by atoms with van der Waals surface area (Å²) in [7, 11) is 0. The Labute approximate surface area is 164 Å². The van der Waals surface area contributed by atoms with E-state index in [-0.39, 0.29) is 24.3 Å². The second-order valence-corrected chi connectivity index (χ2v) is 6.98. The number of likely N-dealkylation sites (tertiary alicyclic amines) is 1. The molecule has 2 aromatic carbocycles. The van der Waals surface area contributed by atoms with Gasteiger partial charge in [0, 0.05) is 31.5 Å². The fraction of sp³-hybridized carbons (Fsp3) is 0.318. The Hall–Kier alpha value is -3.15. The van der Waals surface area contributed by atoms with Crippen LogP contribution in [-0.4, -0.2) is 34.3 Å². The van der Waals surface area contributed by atoms with Crippen LogP contribution < -0.4 is 5.32 Å². The first-order valence-electron chi connectivity index (χ1n) is 9.47. The Morgan fingerprint density at radius 1 is 1.07 bits per heavy atom. The number of hydrogen-bond donors (Lipinski definition) is 2. The van der Waals surface area contributed by atoms with E-state index < -0.39 is 5.97 Å². The van der Waals surface area contributed by atoms with E-state index in [9.17, 15) is 14.4 Å². The first-order chi connectivity index (χ1) is 13.5. The second-order valence-electron chi connectivity index (χ2n) is 6.98. The summed E-state index contributed by atoms with van der Waals surface area (Å²) in [6, 6.07) is 16.2. The van der Waals surface area contributed by atoms with Crippen LogP contribution in [0.4, 0.5) is 0 Å². The number of nitrogens with zero attached hydrogens (tertiary/aromatic N) is 1. The number of carboxylic acid groups (broad SMARTS) is 1. The number of aliphatic carboxylic acids is 1. The standard InChI is InChI=1S/C22H24N2O4/c25-20-7-4-14-24(20)15-16-8-10-18(11-9-16)22(28)23-19(12-13-21(26)27)17-5-2-1-3-6-17/h1-3,5-6,8-11,19H,4,7,12-15H2,(H,23,28)(H,26,27). The third-order valence-electron chi connectivity index (χ3n) is 4.92. The minimum Gasteiger partial charge on any atom is -0.481 e. The molecule has 146 valence electrons. The highest BCUT2D eigenvalue weighted by atomic mass is 16.4. The Morgan fingerprint density at radius 2 is 1.79 bits per heavy atom. The molecule has 1 heterocycles. The minimum absolute atomic E-state index is 0.0252. The molecule has 6 heteroatoms. The molecule has 6 nitrogen and oxygen atoms in total. The summed E-state index contributed by atoms with van der Waals surface area (Å²) >= 11 is 0. The van der Waals surface area contributed by atoms with Gasteiger partial charge in [0.05, 0.1) is 6.04 Å². The fourth-order valence-electron chi connectivity index (χ4n) is 3.37. The smallest absolute Gasteiger partial charge is 0.303 e. The second kappa shape index (κ2) is 9.17. The highest BCUT2D eigenvalue weighted by Gasteiger charge is 2.20. The molecule has 0 spiro atoms. The Morgan fingerprint density at radius 3 is 2.39 bits per heavy atom. The molecular weight excluding hydrogens is 356 g/mol. The van der Waals surface area contributed by atoms with Crippen LogP contribution in [0, 0.1) is 0 Å². The first-order valence-corrected chi connectivity index (χ1v) is 9.47. The summed E-state index contributed by atoms with van der Waals surface area (Å²) in [5, 5.41) is 11.9. The zero-order valence-corrected chi connectivity index (χ0v) is 15.6. The molecule has 3 rings (SSSR count). The lowest BCUT2D eigenvalue weighted by Crippen LogP contribution is -2.29. The maximum Gasteiger partial charge on any atom is 0.303 e. The van der Waals surface area contributed by atoms with Crippen molar-refractivity contribution in [3.8, 4) is 0 Å². The number of carboxylic acids is 1. The van der Waals surface area contributed by atoms with E-state index in [1.54, 1.807) is 12.1 Å². The van der Waals surface area contributed by atoms with Crippen LogP contribution in [0.25, 0.3) is 0 Å². The van der Waals surface area contributed by atoms with Crippen molar-refractivity contribution in [2.75, 3.05) is 6.54 Å². The van der Waals surface area contributed by atoms with Crippen LogP contribution >= 0.6 is 0 Å². The number of nitrogens with one attached hydrogen (secondary N) is 1. The molecular formula is C22H24N2O4. The summed E-state index contributed by atoms with van der Waals surface area (Å²) in [4.78, 5) is 37.2. The summed E-state index contributed by atoms with van der Waals surface area (Å²) < 4.78 is 0. The molecule has 1 saturated heterocycles. The van der Waals surface area contributed by atoms with Gasteiger partial charge in [-0.3, -0.25) is 14.4 Å². The highest BCUT2D eigenvalue weighted by molar-refractivity contribution is 5.94. The molecule has 1 aliphatic heterocycles. The van der Waals surface area contributed by atoms with Crippen LogP contribution in [-0.2, 0) is 16.1 Å². The number of hydrogen-bond acceptors (Lipinski definition) is 3. The van der Waals surface area contributed by atoms with E-state index in [1.165, 1.54) is 0 Å². The molecule has 1 fully saturated rings. The van der Waals surface area contributed by atoms with Crippen LogP contribution in [0.15, 0.2) is 54.6 Å². The van der Waals surface area contributed by atoms with Crippen molar-refractivity contribution in [3.05, 3.63) is 71.3 Å². The van der Waals surface area contributed by atoms with Gasteiger partial charge in [0.15, 0.2) is 0 Å². The van der Waals surface area contributed by atoms with E-state index in [2.05, 4.69) is 5.32 Å². The Kier molecular flexibility index (Phi) is 6.42. The van der Waals surface area contributed by atoms with Crippen molar-refractivity contribution in [1.82, 2.24) is 10.2 Å². The van der Waals surface area contributed by atoms with E-state index in [0.29, 0.717) is 24.9 Å². The van der Waals surface area contributed by atoms with Crippen molar-refractivity contribution in [1.29, 1.82) is 0 Å². The van der Waals surface area contributed by atoms with Crippen LogP contribution in [0.5, 0.6) is 0 Å². The van der Waals surface area contributed by atoms with Crippen molar-refractivity contribution in [2.24, 2.45) is 0 Å². The zero-order chi connectivity index (χ0) is 19.9. The number of amides is 2. The quantitative estimate of drug-likeness (QED) is 0.737. The molecule has 0 bridgehead atoms. The molecule has 2 amide bonds. The minimum atomic E-state index is -0.893. The van der Waals surface area contributed by atoms with Gasteiger partial charge >= 0.3 is 5.97 Å². The average Bonchev–Trinajstić information content (AvgIpc) is 3.10. The van der Waals surface area contributed by atoms with Gasteiger partial charge in [0.25, 0.3) is 5.91 Å². The van der Waals surface area contributed by atoms with Gasteiger partial charge in [-0.15, -0.1) is 0 Å². The molecule has 28 heavy (non-hydrogen) atoms. The zero-order valence-electron chi connectivity index (χ0n) is 15.6. The van der Waals surface area contributed by atoms with Gasteiger partial charge in [-0.05, 0) is 36.1 Å². The predicted molar refractivity (Wildman–Crippen MR) is 105 cm³/mol. The average molecular weight is 380 g/mol. The summed E-state index contributed by atoms with van der Waals surface area (Å²) in [5.41, 5.74) is 2.37. The van der Waals surface area contributed by atoms with E-state index in [4.69, 9.17) is 5.11 Å². The molecule has 2 N–H and O–H groups in total. The maximum absolute atomic E-state index is 12.7. The summed E-state index contributed by atoms with van der Waals surface area (Å²) in [6.45, 7) is 1.34. The monoisotopic (exact) mass is 380 g/mol. The van der Waals surface area contributed by atoms with Crippen LogP contribution in [0.1, 0.15) is 53.2 Å². The molecule has 2 aromatic rings. The topological polar surface area (TPSA) is 86.7 Å². The van der Waals surface area contributed by atoms with Gasteiger partial charge in [-0.1, -0.05) is 42.5 Å². The molecule has 0 aliphatic carbocycles. The summed E-state index contributed by atoms with van der Waals surface area (Å²) in [6.07, 6.45) is 1.80. The summed E-state index contributed by atoms with van der Waals surface area (Å²) in [5.74, 6) is -0.968. The predicted octanol–water partition coefficient (Wildman–Crippen LogP) is 3.14. The number of rotatable bonds is 8. The van der Waals surface area contributed by atoms with Gasteiger partial charge in [0.2, 0.25) is 5.91 Å². The third-order valence-corrected chi connectivity index (χ3v) is 4.92. The van der Waals surface area contributed by atoms with E-state index in [1.807, 2.05) is 47.4 Å². The third kappa shape index (κ3) is 5.19. The van der Waals surface area contributed by atoms with Gasteiger partial charge in [-0.2, -0.15) is 0 Å². The van der Waals surface area contributed by atoms with Gasteiger partial charge in [-0.25, -0.2) is 0 Å². The normalized spacial score (nSPS) is 14.7. The van der Waals surface area contributed by atoms with Crippen molar-refractivity contribution in [2.45, 2.75) is 38.3 Å². The molecule has 1 atom stereocenters. The molecule has 0 radical (unpaired) electrons. The van der Waals surface area contributed by atoms with Crippen LogP contribution in [0.2, 0.25) is 0 Å². The van der Waals surface area contributed by atoms with E-state index >= 15 is 0 Å². The molecule has 0 saturated carbocycles. The number of carbonyl (C=O) groups is 3. The number of benzene rings is 2. The van der Waals surface area contributed by atoms with Crippen molar-refractivity contribution in [3.63, 3.8) is 0 Å². The number of carbonyl (C=O) groups excluding carboxylic acids is 2. The fourth-order valence-corrected chi connectivity index (χ4v) is 3.37.